The average Bonchev–Trinajstić information content (AvgIpc) is 2.45. The molecule has 2 N–H and O–H groups in total. The zero-order chi connectivity index (χ0) is 15.3. The van der Waals surface area contributed by atoms with Crippen LogP contribution in [0.25, 0.3) is 0 Å². The molecular formula is C14H11F3N2O2. The van der Waals surface area contributed by atoms with Crippen molar-refractivity contribution >= 4 is 11.5 Å². The van der Waals surface area contributed by atoms with E-state index in [1.165, 1.54) is 12.1 Å². The van der Waals surface area contributed by atoms with Crippen LogP contribution in [-0.2, 0) is 0 Å². The highest BCUT2D eigenvalue weighted by Gasteiger charge is 2.30. The van der Waals surface area contributed by atoms with E-state index in [0.29, 0.717) is 11.3 Å². The van der Waals surface area contributed by atoms with Crippen LogP contribution >= 0.6 is 0 Å². The SMILES string of the molecule is ONC(=Nc1ccccc1)c1ccc(OC(F)(F)F)cc1. The number of halogens is 3. The highest BCUT2D eigenvalue weighted by molar-refractivity contribution is 5.99. The number of hydroxylamine groups is 1. The molecule has 0 bridgehead atoms. The van der Waals surface area contributed by atoms with Crippen LogP contribution in [0.15, 0.2) is 59.6 Å². The first kappa shape index (κ1) is 14.9. The van der Waals surface area contributed by atoms with Crippen molar-refractivity contribution in [2.24, 2.45) is 4.99 Å². The number of ether oxygens (including phenoxy) is 1. The van der Waals surface area contributed by atoms with Crippen LogP contribution < -0.4 is 10.2 Å². The monoisotopic (exact) mass is 296 g/mol. The van der Waals surface area contributed by atoms with Crippen LogP contribution in [0.4, 0.5) is 18.9 Å². The molecule has 7 heteroatoms. The Morgan fingerprint density at radius 3 is 2.14 bits per heavy atom. The molecule has 2 aromatic carbocycles. The summed E-state index contributed by atoms with van der Waals surface area (Å²) in [6, 6.07) is 13.8. The van der Waals surface area contributed by atoms with E-state index in [-0.39, 0.29) is 11.6 Å². The van der Waals surface area contributed by atoms with Crippen LogP contribution in [0.5, 0.6) is 5.75 Å². The molecule has 0 aliphatic rings. The lowest BCUT2D eigenvalue weighted by Gasteiger charge is -2.10. The normalized spacial score (nSPS) is 12.1. The van der Waals surface area contributed by atoms with Crippen LogP contribution in [-0.4, -0.2) is 17.4 Å². The Labute approximate surface area is 118 Å². The molecule has 0 radical (unpaired) electrons. The number of hydrogen-bond donors (Lipinski definition) is 2. The van der Waals surface area contributed by atoms with Crippen LogP contribution in [0.3, 0.4) is 0 Å². The summed E-state index contributed by atoms with van der Waals surface area (Å²) in [6.45, 7) is 0. The van der Waals surface area contributed by atoms with Crippen molar-refractivity contribution in [1.29, 1.82) is 0 Å². The molecule has 0 fully saturated rings. The van der Waals surface area contributed by atoms with Crippen molar-refractivity contribution in [3.63, 3.8) is 0 Å². The third-order valence-corrected chi connectivity index (χ3v) is 2.46. The van der Waals surface area contributed by atoms with E-state index in [1.54, 1.807) is 24.3 Å². The number of alkyl halides is 3. The number of rotatable bonds is 3. The molecule has 0 saturated carbocycles. The molecule has 2 rings (SSSR count). The summed E-state index contributed by atoms with van der Waals surface area (Å²) < 4.78 is 39.9. The Bertz CT molecular complexity index is 610. The van der Waals surface area contributed by atoms with Gasteiger partial charge in [0.15, 0.2) is 5.84 Å². The Hall–Kier alpha value is -2.54. The maximum atomic E-state index is 12.1. The molecule has 0 spiro atoms. The summed E-state index contributed by atoms with van der Waals surface area (Å²) >= 11 is 0. The number of amidine groups is 1. The molecule has 2 aromatic rings. The fourth-order valence-corrected chi connectivity index (χ4v) is 1.60. The number of nitrogens with one attached hydrogen (secondary N) is 1. The van der Waals surface area contributed by atoms with Gasteiger partial charge in [-0.1, -0.05) is 18.2 Å². The van der Waals surface area contributed by atoms with Crippen LogP contribution in [0.2, 0.25) is 0 Å². The average molecular weight is 296 g/mol. The third kappa shape index (κ3) is 4.50. The summed E-state index contributed by atoms with van der Waals surface area (Å²) in [7, 11) is 0. The summed E-state index contributed by atoms with van der Waals surface area (Å²) in [6.07, 6.45) is -4.74. The first-order valence-corrected chi connectivity index (χ1v) is 5.88. The molecule has 0 aromatic heterocycles. The predicted octanol–water partition coefficient (Wildman–Crippen LogP) is 3.64. The summed E-state index contributed by atoms with van der Waals surface area (Å²) in [5.74, 6) is -0.233. The number of benzene rings is 2. The van der Waals surface area contributed by atoms with E-state index >= 15 is 0 Å². The molecule has 0 atom stereocenters. The Morgan fingerprint density at radius 1 is 1.00 bits per heavy atom. The first-order valence-electron chi connectivity index (χ1n) is 5.88. The first-order chi connectivity index (χ1) is 9.98. The Kier molecular flexibility index (Phi) is 4.44. The summed E-state index contributed by atoms with van der Waals surface area (Å²) in [5.41, 5.74) is 2.92. The lowest BCUT2D eigenvalue weighted by atomic mass is 10.2. The minimum atomic E-state index is -4.74. The molecule has 0 aliphatic heterocycles. The maximum absolute atomic E-state index is 12.1. The van der Waals surface area contributed by atoms with Gasteiger partial charge in [0, 0.05) is 5.56 Å². The Balaban J connectivity index is 2.22. The van der Waals surface area contributed by atoms with Crippen LogP contribution in [0.1, 0.15) is 5.56 Å². The van der Waals surface area contributed by atoms with Gasteiger partial charge in [0.05, 0.1) is 5.69 Å². The van der Waals surface area contributed by atoms with Gasteiger partial charge in [-0.3, -0.25) is 10.7 Å². The van der Waals surface area contributed by atoms with Gasteiger partial charge in [-0.2, -0.15) is 0 Å². The number of nitrogens with zero attached hydrogens (tertiary/aromatic N) is 1. The van der Waals surface area contributed by atoms with Crippen molar-refractivity contribution in [2.45, 2.75) is 6.36 Å². The highest BCUT2D eigenvalue weighted by atomic mass is 19.4. The standard InChI is InChI=1S/C14H11F3N2O2/c15-14(16,17)21-12-8-6-10(7-9-12)13(19-20)18-11-4-2-1-3-5-11/h1-9,20H,(H,18,19). The van der Waals surface area contributed by atoms with E-state index in [1.807, 2.05) is 11.5 Å². The lowest BCUT2D eigenvalue weighted by Crippen LogP contribution is -2.20. The van der Waals surface area contributed by atoms with E-state index in [0.717, 1.165) is 12.1 Å². The van der Waals surface area contributed by atoms with Gasteiger partial charge in [-0.25, -0.2) is 4.99 Å². The van der Waals surface area contributed by atoms with E-state index in [4.69, 9.17) is 5.21 Å². The second-order valence-electron chi connectivity index (χ2n) is 3.98. The van der Waals surface area contributed by atoms with E-state index in [2.05, 4.69) is 9.73 Å². The number of hydrogen-bond acceptors (Lipinski definition) is 3. The summed E-state index contributed by atoms with van der Waals surface area (Å²) in [4.78, 5) is 4.14. The molecule has 0 unspecified atom stereocenters. The molecule has 21 heavy (non-hydrogen) atoms. The van der Waals surface area contributed by atoms with E-state index in [9.17, 15) is 13.2 Å². The van der Waals surface area contributed by atoms with Gasteiger partial charge in [0.2, 0.25) is 0 Å². The van der Waals surface area contributed by atoms with Crippen molar-refractivity contribution < 1.29 is 23.1 Å². The quantitative estimate of drug-likeness (QED) is 0.516. The lowest BCUT2D eigenvalue weighted by molar-refractivity contribution is -0.274. The second-order valence-corrected chi connectivity index (χ2v) is 3.98. The van der Waals surface area contributed by atoms with Gasteiger partial charge < -0.3 is 4.74 Å². The fraction of sp³-hybridized carbons (Fsp3) is 0.0714. The topological polar surface area (TPSA) is 53.8 Å². The number of aliphatic imine (C=N–C) groups is 1. The van der Waals surface area contributed by atoms with Crippen molar-refractivity contribution in [3.8, 4) is 5.75 Å². The van der Waals surface area contributed by atoms with Crippen molar-refractivity contribution in [1.82, 2.24) is 5.48 Å². The maximum Gasteiger partial charge on any atom is 0.573 e. The largest absolute Gasteiger partial charge is 0.573 e. The fourth-order valence-electron chi connectivity index (χ4n) is 1.60. The van der Waals surface area contributed by atoms with Crippen molar-refractivity contribution in [2.75, 3.05) is 0 Å². The summed E-state index contributed by atoms with van der Waals surface area (Å²) in [5, 5.41) is 9.10. The van der Waals surface area contributed by atoms with Gasteiger partial charge in [0.25, 0.3) is 0 Å². The zero-order valence-corrected chi connectivity index (χ0v) is 10.6. The Morgan fingerprint density at radius 2 is 1.62 bits per heavy atom. The van der Waals surface area contributed by atoms with Gasteiger partial charge in [0.1, 0.15) is 5.75 Å². The smallest absolute Gasteiger partial charge is 0.406 e. The molecule has 4 nitrogen and oxygen atoms in total. The minimum absolute atomic E-state index is 0.111. The second kappa shape index (κ2) is 6.27. The molecule has 110 valence electrons. The molecular weight excluding hydrogens is 285 g/mol. The number of para-hydroxylation sites is 1. The van der Waals surface area contributed by atoms with Crippen LogP contribution in [0, 0.1) is 0 Å². The molecule has 0 saturated heterocycles. The molecule has 0 heterocycles. The zero-order valence-electron chi connectivity index (χ0n) is 10.6. The molecule has 0 amide bonds. The van der Waals surface area contributed by atoms with E-state index < -0.39 is 6.36 Å². The van der Waals surface area contributed by atoms with Crippen molar-refractivity contribution in [3.05, 3.63) is 60.2 Å². The predicted molar refractivity (Wildman–Crippen MR) is 70.7 cm³/mol. The minimum Gasteiger partial charge on any atom is -0.406 e. The van der Waals surface area contributed by atoms with Gasteiger partial charge in [-0.05, 0) is 36.4 Å². The highest BCUT2D eigenvalue weighted by Crippen LogP contribution is 2.23. The van der Waals surface area contributed by atoms with Gasteiger partial charge in [-0.15, -0.1) is 13.2 Å². The molecule has 0 aliphatic carbocycles. The third-order valence-electron chi connectivity index (χ3n) is 2.46. The van der Waals surface area contributed by atoms with Gasteiger partial charge >= 0.3 is 6.36 Å².